The Balaban J connectivity index is 1.76. The highest BCUT2D eigenvalue weighted by molar-refractivity contribution is 7.09. The van der Waals surface area contributed by atoms with Gasteiger partial charge in [0.2, 0.25) is 0 Å². The van der Waals surface area contributed by atoms with Crippen molar-refractivity contribution in [3.8, 4) is 0 Å². The third kappa shape index (κ3) is 4.02. The van der Waals surface area contributed by atoms with E-state index >= 15 is 0 Å². The summed E-state index contributed by atoms with van der Waals surface area (Å²) < 4.78 is 5.05. The number of nitrogens with one attached hydrogen (secondary N) is 1. The van der Waals surface area contributed by atoms with Crippen LogP contribution in [0.2, 0.25) is 0 Å². The maximum Gasteiger partial charge on any atom is 0.107 e. The molecule has 1 aromatic heterocycles. The Morgan fingerprint density at radius 1 is 1.61 bits per heavy atom. The molecule has 0 aromatic carbocycles. The molecule has 0 amide bonds. The highest BCUT2D eigenvalue weighted by Crippen LogP contribution is 2.21. The maximum atomic E-state index is 5.05. The van der Waals surface area contributed by atoms with Crippen LogP contribution < -0.4 is 5.32 Å². The first-order chi connectivity index (χ1) is 8.79. The van der Waals surface area contributed by atoms with Crippen molar-refractivity contribution in [3.63, 3.8) is 0 Å². The fraction of sp³-hybridized carbons (Fsp3) is 0.769. The first-order valence-electron chi connectivity index (χ1n) is 6.64. The van der Waals surface area contributed by atoms with Gasteiger partial charge in [0.15, 0.2) is 0 Å². The summed E-state index contributed by atoms with van der Waals surface area (Å²) in [5, 5.41) is 6.85. The van der Waals surface area contributed by atoms with Gasteiger partial charge in [0.25, 0.3) is 0 Å². The van der Waals surface area contributed by atoms with Gasteiger partial charge in [-0.15, -0.1) is 11.3 Å². The van der Waals surface area contributed by atoms with E-state index < -0.39 is 0 Å². The number of thiazole rings is 1. The van der Waals surface area contributed by atoms with Crippen LogP contribution in [0.25, 0.3) is 0 Å². The molecule has 0 saturated carbocycles. The Labute approximate surface area is 113 Å². The number of nitrogens with zero attached hydrogens (tertiary/aromatic N) is 2. The fourth-order valence-corrected chi connectivity index (χ4v) is 3.22. The zero-order valence-corrected chi connectivity index (χ0v) is 12.1. The Morgan fingerprint density at radius 2 is 2.50 bits per heavy atom. The molecule has 2 heterocycles. The smallest absolute Gasteiger partial charge is 0.107 e. The van der Waals surface area contributed by atoms with E-state index in [1.165, 1.54) is 24.4 Å². The van der Waals surface area contributed by atoms with Crippen LogP contribution in [-0.2, 0) is 11.3 Å². The van der Waals surface area contributed by atoms with E-state index in [9.17, 15) is 0 Å². The van der Waals surface area contributed by atoms with Gasteiger partial charge in [-0.05, 0) is 26.3 Å². The molecule has 1 saturated heterocycles. The van der Waals surface area contributed by atoms with Crippen molar-refractivity contribution < 1.29 is 4.74 Å². The van der Waals surface area contributed by atoms with Gasteiger partial charge in [0.1, 0.15) is 5.01 Å². The average Bonchev–Trinajstić information content (AvgIpc) is 2.95. The van der Waals surface area contributed by atoms with Crippen LogP contribution in [0.3, 0.4) is 0 Å². The number of methoxy groups -OCH3 is 1. The van der Waals surface area contributed by atoms with Crippen molar-refractivity contribution in [2.45, 2.75) is 32.4 Å². The molecule has 0 radical (unpaired) electrons. The maximum absolute atomic E-state index is 5.05. The zero-order valence-electron chi connectivity index (χ0n) is 11.3. The van der Waals surface area contributed by atoms with E-state index in [0.29, 0.717) is 6.04 Å². The van der Waals surface area contributed by atoms with E-state index in [0.717, 1.165) is 31.9 Å². The third-order valence-electron chi connectivity index (χ3n) is 3.37. The molecule has 5 heteroatoms. The lowest BCUT2D eigenvalue weighted by Crippen LogP contribution is -2.38. The van der Waals surface area contributed by atoms with Crippen LogP contribution >= 0.6 is 11.3 Å². The summed E-state index contributed by atoms with van der Waals surface area (Å²) in [7, 11) is 1.74. The lowest BCUT2D eigenvalue weighted by Gasteiger charge is -2.23. The molecule has 1 aromatic rings. The largest absolute Gasteiger partial charge is 0.383 e. The first-order valence-corrected chi connectivity index (χ1v) is 7.52. The second-order valence-corrected chi connectivity index (χ2v) is 5.79. The van der Waals surface area contributed by atoms with Crippen molar-refractivity contribution in [1.82, 2.24) is 15.2 Å². The summed E-state index contributed by atoms with van der Waals surface area (Å²) in [6.45, 7) is 7.07. The Morgan fingerprint density at radius 3 is 3.22 bits per heavy atom. The molecule has 1 atom stereocenters. The van der Waals surface area contributed by atoms with Crippen LogP contribution in [-0.4, -0.2) is 49.3 Å². The van der Waals surface area contributed by atoms with Crippen LogP contribution in [0.5, 0.6) is 0 Å². The molecule has 1 fully saturated rings. The minimum atomic E-state index is 0.658. The Bertz CT molecular complexity index is 356. The summed E-state index contributed by atoms with van der Waals surface area (Å²) in [5.41, 5.74) is 1.14. The lowest BCUT2D eigenvalue weighted by atomic mass is 10.2. The lowest BCUT2D eigenvalue weighted by molar-refractivity contribution is 0.191. The summed E-state index contributed by atoms with van der Waals surface area (Å²) in [6.07, 6.45) is 2.60. The van der Waals surface area contributed by atoms with Gasteiger partial charge in [-0.1, -0.05) is 0 Å². The molecule has 1 aliphatic rings. The molecule has 1 unspecified atom stereocenters. The van der Waals surface area contributed by atoms with Crippen molar-refractivity contribution >= 4 is 11.3 Å². The quantitative estimate of drug-likeness (QED) is 0.764. The van der Waals surface area contributed by atoms with Gasteiger partial charge in [-0.3, -0.25) is 4.90 Å². The van der Waals surface area contributed by atoms with E-state index in [1.54, 1.807) is 18.4 Å². The number of hydrogen-bond acceptors (Lipinski definition) is 5. The summed E-state index contributed by atoms with van der Waals surface area (Å²) in [5.74, 6) is 0. The topological polar surface area (TPSA) is 37.4 Å². The molecule has 102 valence electrons. The molecule has 1 N–H and O–H groups in total. The van der Waals surface area contributed by atoms with Gasteiger partial charge < -0.3 is 10.1 Å². The van der Waals surface area contributed by atoms with Crippen LogP contribution in [0.1, 0.15) is 23.5 Å². The van der Waals surface area contributed by atoms with Gasteiger partial charge in [-0.25, -0.2) is 4.98 Å². The minimum absolute atomic E-state index is 0.658. The third-order valence-corrected chi connectivity index (χ3v) is 4.32. The minimum Gasteiger partial charge on any atom is -0.383 e. The fourth-order valence-electron chi connectivity index (χ4n) is 2.43. The molecule has 0 aliphatic carbocycles. The molecule has 2 rings (SSSR count). The molecule has 0 bridgehead atoms. The second-order valence-electron chi connectivity index (χ2n) is 4.85. The highest BCUT2D eigenvalue weighted by atomic mass is 32.1. The SMILES string of the molecule is COCCNCC1CCCN1Cc1nc(C)cs1. The van der Waals surface area contributed by atoms with Crippen molar-refractivity contribution in [3.05, 3.63) is 16.1 Å². The molecule has 4 nitrogen and oxygen atoms in total. The Hall–Kier alpha value is -0.490. The zero-order chi connectivity index (χ0) is 12.8. The van der Waals surface area contributed by atoms with Crippen LogP contribution in [0.15, 0.2) is 5.38 Å². The van der Waals surface area contributed by atoms with E-state index in [2.05, 4.69) is 27.5 Å². The van der Waals surface area contributed by atoms with Crippen LogP contribution in [0.4, 0.5) is 0 Å². The predicted octanol–water partition coefficient (Wildman–Crippen LogP) is 1.65. The van der Waals surface area contributed by atoms with Gasteiger partial charge in [-0.2, -0.15) is 0 Å². The van der Waals surface area contributed by atoms with E-state index in [4.69, 9.17) is 4.74 Å². The number of ether oxygens (including phenoxy) is 1. The number of rotatable bonds is 7. The standard InChI is InChI=1S/C13H23N3OS/c1-11-10-18-13(15-11)9-16-6-3-4-12(16)8-14-5-7-17-2/h10,12,14H,3-9H2,1-2H3. The van der Waals surface area contributed by atoms with Gasteiger partial charge in [0, 0.05) is 37.3 Å². The first kappa shape index (κ1) is 13.9. The van der Waals surface area contributed by atoms with Crippen molar-refractivity contribution in [2.24, 2.45) is 0 Å². The van der Waals surface area contributed by atoms with Gasteiger partial charge in [0.05, 0.1) is 13.2 Å². The average molecular weight is 269 g/mol. The molecule has 18 heavy (non-hydrogen) atoms. The van der Waals surface area contributed by atoms with Gasteiger partial charge >= 0.3 is 0 Å². The normalized spacial score (nSPS) is 20.7. The molecular weight excluding hydrogens is 246 g/mol. The number of likely N-dealkylation sites (tertiary alicyclic amines) is 1. The van der Waals surface area contributed by atoms with E-state index in [1.807, 2.05) is 0 Å². The number of aryl methyl sites for hydroxylation is 1. The predicted molar refractivity (Wildman–Crippen MR) is 75.0 cm³/mol. The van der Waals surface area contributed by atoms with Crippen molar-refractivity contribution in [2.75, 3.05) is 33.4 Å². The molecule has 1 aliphatic heterocycles. The monoisotopic (exact) mass is 269 g/mol. The summed E-state index contributed by atoms with van der Waals surface area (Å²) in [4.78, 5) is 7.11. The number of hydrogen-bond donors (Lipinski definition) is 1. The Kier molecular flexibility index (Phi) is 5.56. The highest BCUT2D eigenvalue weighted by Gasteiger charge is 2.24. The van der Waals surface area contributed by atoms with Crippen molar-refractivity contribution in [1.29, 1.82) is 0 Å². The second kappa shape index (κ2) is 7.19. The summed E-state index contributed by atoms with van der Waals surface area (Å²) >= 11 is 1.78. The summed E-state index contributed by atoms with van der Waals surface area (Å²) in [6, 6.07) is 0.658. The molecule has 0 spiro atoms. The molecular formula is C13H23N3OS. The van der Waals surface area contributed by atoms with Crippen LogP contribution in [0, 0.1) is 6.92 Å². The van der Waals surface area contributed by atoms with E-state index in [-0.39, 0.29) is 0 Å². The number of aromatic nitrogens is 1.